The molecule has 1 saturated heterocycles. The highest BCUT2D eigenvalue weighted by molar-refractivity contribution is 5.95. The standard InChI is InChI=1S/C21H18F2N2O6/c22-21(23)30-16-8-7-15(10-17(16)31-21)24-18(26)12-29-20(28)14-5-3-13(4-6-14)11-25-9-1-2-19(25)27/h3-8,10H,1-2,9,11-12H2,(H,24,26). The molecule has 2 aliphatic heterocycles. The number of amides is 2. The fraction of sp³-hybridized carbons (Fsp3) is 0.286. The third-order valence-electron chi connectivity index (χ3n) is 4.75. The van der Waals surface area contributed by atoms with Gasteiger partial charge in [-0.2, -0.15) is 0 Å². The van der Waals surface area contributed by atoms with Crippen LogP contribution in [0.5, 0.6) is 11.5 Å². The SMILES string of the molecule is O=C(COC(=O)c1ccc(CN2CCCC2=O)cc1)Nc1ccc2c(c1)OC(F)(F)O2. The first kappa shape index (κ1) is 20.6. The maximum absolute atomic E-state index is 13.0. The second-order valence-corrected chi connectivity index (χ2v) is 7.07. The molecule has 0 radical (unpaired) electrons. The number of hydrogen-bond donors (Lipinski definition) is 1. The molecule has 0 unspecified atom stereocenters. The van der Waals surface area contributed by atoms with E-state index in [2.05, 4.69) is 14.8 Å². The highest BCUT2D eigenvalue weighted by Crippen LogP contribution is 2.42. The van der Waals surface area contributed by atoms with E-state index in [1.54, 1.807) is 29.2 Å². The molecule has 2 aliphatic rings. The van der Waals surface area contributed by atoms with Gasteiger partial charge in [-0.1, -0.05) is 12.1 Å². The molecule has 2 heterocycles. The number of anilines is 1. The molecule has 1 fully saturated rings. The van der Waals surface area contributed by atoms with E-state index in [9.17, 15) is 23.2 Å². The van der Waals surface area contributed by atoms with Gasteiger partial charge in [-0.25, -0.2) is 4.79 Å². The summed E-state index contributed by atoms with van der Waals surface area (Å²) in [6, 6.07) is 10.3. The van der Waals surface area contributed by atoms with E-state index >= 15 is 0 Å². The molecular formula is C21H18F2N2O6. The van der Waals surface area contributed by atoms with Crippen molar-refractivity contribution in [1.82, 2.24) is 4.90 Å². The lowest BCUT2D eigenvalue weighted by Crippen LogP contribution is -2.25. The smallest absolute Gasteiger partial charge is 0.452 e. The Hall–Kier alpha value is -3.69. The molecule has 2 aromatic carbocycles. The zero-order valence-electron chi connectivity index (χ0n) is 16.2. The normalized spacial score (nSPS) is 16.3. The Labute approximate surface area is 175 Å². The molecular weight excluding hydrogens is 414 g/mol. The largest absolute Gasteiger partial charge is 0.586 e. The van der Waals surface area contributed by atoms with Crippen molar-refractivity contribution < 1.29 is 37.4 Å². The lowest BCUT2D eigenvalue weighted by Gasteiger charge is -2.15. The minimum absolute atomic E-state index is 0.116. The summed E-state index contributed by atoms with van der Waals surface area (Å²) in [6.45, 7) is 0.648. The van der Waals surface area contributed by atoms with Gasteiger partial charge in [0.1, 0.15) is 0 Å². The van der Waals surface area contributed by atoms with E-state index in [4.69, 9.17) is 4.74 Å². The number of ether oxygens (including phenoxy) is 3. The summed E-state index contributed by atoms with van der Waals surface area (Å²) >= 11 is 0. The van der Waals surface area contributed by atoms with Gasteiger partial charge in [-0.05, 0) is 36.2 Å². The zero-order valence-corrected chi connectivity index (χ0v) is 16.2. The van der Waals surface area contributed by atoms with E-state index < -0.39 is 24.8 Å². The molecule has 31 heavy (non-hydrogen) atoms. The molecule has 162 valence electrons. The number of benzene rings is 2. The van der Waals surface area contributed by atoms with Crippen molar-refractivity contribution in [1.29, 1.82) is 0 Å². The fourth-order valence-corrected chi connectivity index (χ4v) is 3.28. The Balaban J connectivity index is 1.27. The molecule has 0 aromatic heterocycles. The number of carbonyl (C=O) groups is 3. The minimum atomic E-state index is -3.75. The average molecular weight is 432 g/mol. The molecule has 0 aliphatic carbocycles. The molecule has 4 rings (SSSR count). The van der Waals surface area contributed by atoms with Gasteiger partial charge in [0.15, 0.2) is 18.1 Å². The monoisotopic (exact) mass is 432 g/mol. The van der Waals surface area contributed by atoms with Crippen molar-refractivity contribution >= 4 is 23.5 Å². The van der Waals surface area contributed by atoms with Crippen molar-refractivity contribution in [3.05, 3.63) is 53.6 Å². The molecule has 0 spiro atoms. The molecule has 1 N–H and O–H groups in total. The number of likely N-dealkylation sites (tertiary alicyclic amines) is 1. The van der Waals surface area contributed by atoms with E-state index in [0.717, 1.165) is 18.5 Å². The van der Waals surface area contributed by atoms with Crippen LogP contribution in [0.3, 0.4) is 0 Å². The second kappa shape index (κ2) is 8.21. The molecule has 10 heteroatoms. The Morgan fingerprint density at radius 2 is 1.84 bits per heavy atom. The van der Waals surface area contributed by atoms with Crippen LogP contribution in [0.25, 0.3) is 0 Å². The van der Waals surface area contributed by atoms with Crippen molar-refractivity contribution in [3.8, 4) is 11.5 Å². The quantitative estimate of drug-likeness (QED) is 0.706. The number of esters is 1. The van der Waals surface area contributed by atoms with Crippen LogP contribution in [-0.2, 0) is 20.9 Å². The van der Waals surface area contributed by atoms with Gasteiger partial charge in [-0.3, -0.25) is 9.59 Å². The highest BCUT2D eigenvalue weighted by atomic mass is 19.3. The summed E-state index contributed by atoms with van der Waals surface area (Å²) < 4.78 is 39.7. The van der Waals surface area contributed by atoms with Crippen molar-refractivity contribution in [3.63, 3.8) is 0 Å². The van der Waals surface area contributed by atoms with Crippen LogP contribution >= 0.6 is 0 Å². The van der Waals surface area contributed by atoms with Crippen LogP contribution in [0.15, 0.2) is 42.5 Å². The first-order valence-electron chi connectivity index (χ1n) is 9.53. The highest BCUT2D eigenvalue weighted by Gasteiger charge is 2.43. The van der Waals surface area contributed by atoms with Gasteiger partial charge in [0, 0.05) is 31.3 Å². The van der Waals surface area contributed by atoms with Gasteiger partial charge in [-0.15, -0.1) is 8.78 Å². The van der Waals surface area contributed by atoms with Crippen LogP contribution in [0, 0.1) is 0 Å². The predicted octanol–water partition coefficient (Wildman–Crippen LogP) is 2.93. The zero-order chi connectivity index (χ0) is 22.0. The first-order valence-corrected chi connectivity index (χ1v) is 9.53. The first-order chi connectivity index (χ1) is 14.8. The third-order valence-corrected chi connectivity index (χ3v) is 4.75. The fourth-order valence-electron chi connectivity index (χ4n) is 3.28. The molecule has 0 bridgehead atoms. The van der Waals surface area contributed by atoms with E-state index in [1.165, 1.54) is 18.2 Å². The van der Waals surface area contributed by atoms with Crippen LogP contribution in [0.2, 0.25) is 0 Å². The summed E-state index contributed by atoms with van der Waals surface area (Å²) in [4.78, 5) is 37.6. The lowest BCUT2D eigenvalue weighted by molar-refractivity contribution is -0.286. The number of rotatable bonds is 6. The average Bonchev–Trinajstić information content (AvgIpc) is 3.27. The summed E-state index contributed by atoms with van der Waals surface area (Å²) in [5.41, 5.74) is 1.33. The van der Waals surface area contributed by atoms with E-state index in [1.807, 2.05) is 0 Å². The molecule has 2 aromatic rings. The Morgan fingerprint density at radius 1 is 1.10 bits per heavy atom. The van der Waals surface area contributed by atoms with Crippen LogP contribution in [0.4, 0.5) is 14.5 Å². The number of halogens is 2. The molecule has 2 amide bonds. The summed E-state index contributed by atoms with van der Waals surface area (Å²) in [5.74, 6) is -1.58. The summed E-state index contributed by atoms with van der Waals surface area (Å²) in [7, 11) is 0. The molecule has 0 saturated carbocycles. The van der Waals surface area contributed by atoms with Crippen molar-refractivity contribution in [2.45, 2.75) is 25.7 Å². The second-order valence-electron chi connectivity index (χ2n) is 7.07. The number of nitrogens with zero attached hydrogens (tertiary/aromatic N) is 1. The minimum Gasteiger partial charge on any atom is -0.452 e. The van der Waals surface area contributed by atoms with Gasteiger partial charge >= 0.3 is 12.3 Å². The van der Waals surface area contributed by atoms with Crippen LogP contribution in [0.1, 0.15) is 28.8 Å². The van der Waals surface area contributed by atoms with Gasteiger partial charge < -0.3 is 24.4 Å². The number of alkyl halides is 2. The van der Waals surface area contributed by atoms with Gasteiger partial charge in [0.2, 0.25) is 5.91 Å². The van der Waals surface area contributed by atoms with Gasteiger partial charge in [0.05, 0.1) is 5.56 Å². The number of carbonyl (C=O) groups excluding carboxylic acids is 3. The number of fused-ring (bicyclic) bond motifs is 1. The molecule has 0 atom stereocenters. The Bertz CT molecular complexity index is 1030. The summed E-state index contributed by atoms with van der Waals surface area (Å²) in [5, 5.41) is 2.43. The predicted molar refractivity (Wildman–Crippen MR) is 103 cm³/mol. The van der Waals surface area contributed by atoms with Crippen molar-refractivity contribution in [2.75, 3.05) is 18.5 Å². The maximum atomic E-state index is 13.0. The number of hydrogen-bond acceptors (Lipinski definition) is 6. The van der Waals surface area contributed by atoms with E-state index in [-0.39, 0.29) is 28.7 Å². The Morgan fingerprint density at radius 3 is 2.55 bits per heavy atom. The lowest BCUT2D eigenvalue weighted by atomic mass is 10.1. The summed E-state index contributed by atoms with van der Waals surface area (Å²) in [6.07, 6.45) is -2.34. The topological polar surface area (TPSA) is 94.2 Å². The van der Waals surface area contributed by atoms with Gasteiger partial charge in [0.25, 0.3) is 5.91 Å². The third kappa shape index (κ3) is 4.90. The van der Waals surface area contributed by atoms with Crippen LogP contribution in [-0.4, -0.2) is 42.1 Å². The maximum Gasteiger partial charge on any atom is 0.586 e. The molecule has 8 nitrogen and oxygen atoms in total. The number of nitrogens with one attached hydrogen (secondary N) is 1. The van der Waals surface area contributed by atoms with Crippen molar-refractivity contribution in [2.24, 2.45) is 0 Å². The van der Waals surface area contributed by atoms with E-state index in [0.29, 0.717) is 13.0 Å². The Kier molecular flexibility index (Phi) is 5.45. The van der Waals surface area contributed by atoms with Crippen LogP contribution < -0.4 is 14.8 Å².